The smallest absolute Gasteiger partial charge is 0.345 e. The molecular formula is C25H29ClF3N3O3S. The number of rotatable bonds is 4. The molecule has 6 nitrogen and oxygen atoms in total. The average Bonchev–Trinajstić information content (AvgIpc) is 2.82. The second-order valence-electron chi connectivity index (χ2n) is 9.41. The third-order valence-electron chi connectivity index (χ3n) is 6.92. The number of carbonyl (C=O) groups is 2. The number of piperidine rings is 1. The molecule has 4 rings (SSSR count). The molecule has 2 aliphatic rings. The molecule has 2 aromatic rings. The van der Waals surface area contributed by atoms with Crippen LogP contribution in [0, 0.1) is 0 Å². The van der Waals surface area contributed by atoms with E-state index in [0.717, 1.165) is 35.7 Å². The fourth-order valence-corrected chi connectivity index (χ4v) is 6.82. The number of hydrogen-bond acceptors (Lipinski definition) is 4. The fourth-order valence-electron chi connectivity index (χ4n) is 4.77. The Kier molecular flexibility index (Phi) is 7.62. The zero-order chi connectivity index (χ0) is 26.3. The molecule has 1 unspecified atom stereocenters. The Balaban J connectivity index is 1.35. The second kappa shape index (κ2) is 10.2. The quantitative estimate of drug-likeness (QED) is 0.523. The van der Waals surface area contributed by atoms with E-state index in [1.54, 1.807) is 26.2 Å². The highest BCUT2D eigenvalue weighted by atomic mass is 35.5. The molecule has 2 saturated heterocycles. The first-order valence-corrected chi connectivity index (χ1v) is 13.6. The van der Waals surface area contributed by atoms with Gasteiger partial charge in [0, 0.05) is 57.1 Å². The third-order valence-corrected chi connectivity index (χ3v) is 9.62. The summed E-state index contributed by atoms with van der Waals surface area (Å²) in [5, 5.41) is -0.835. The number of nitrogens with zero attached hydrogens (tertiary/aromatic N) is 3. The van der Waals surface area contributed by atoms with E-state index in [9.17, 15) is 27.3 Å². The summed E-state index contributed by atoms with van der Waals surface area (Å²) in [5.74, 6) is 0.0955. The molecule has 1 N–H and O–H groups in total. The SMILES string of the molecule is CN(C)C(=O)c1ccc(C2CN(C3CCN(C(=O)S(O)(c4ccccc4)C(F)(F)F)CC3)C2)cc1Cl. The monoisotopic (exact) mass is 543 g/mol. The van der Waals surface area contributed by atoms with Crippen LogP contribution >= 0.6 is 21.9 Å². The Labute approximate surface area is 215 Å². The minimum Gasteiger partial charge on any atom is -0.345 e. The van der Waals surface area contributed by atoms with Gasteiger partial charge in [0.2, 0.25) is 0 Å². The van der Waals surface area contributed by atoms with Crippen molar-refractivity contribution in [2.24, 2.45) is 0 Å². The molecule has 2 heterocycles. The van der Waals surface area contributed by atoms with E-state index in [4.69, 9.17) is 11.6 Å². The first-order chi connectivity index (χ1) is 16.9. The summed E-state index contributed by atoms with van der Waals surface area (Å²) in [7, 11) is -1.33. The maximum absolute atomic E-state index is 13.9. The molecule has 196 valence electrons. The molecule has 1 atom stereocenters. The van der Waals surface area contributed by atoms with Gasteiger partial charge in [0.1, 0.15) is 0 Å². The summed E-state index contributed by atoms with van der Waals surface area (Å²) in [5.41, 5.74) is -3.56. The number of amides is 2. The Morgan fingerprint density at radius 1 is 1.06 bits per heavy atom. The molecule has 0 radical (unpaired) electrons. The topological polar surface area (TPSA) is 64.1 Å². The first-order valence-electron chi connectivity index (χ1n) is 11.6. The van der Waals surface area contributed by atoms with Gasteiger partial charge in [-0.2, -0.15) is 13.2 Å². The lowest BCUT2D eigenvalue weighted by molar-refractivity contribution is -0.0440. The Hall–Kier alpha value is -2.27. The Morgan fingerprint density at radius 2 is 1.67 bits per heavy atom. The van der Waals surface area contributed by atoms with Gasteiger partial charge in [-0.1, -0.05) is 35.9 Å². The molecule has 11 heteroatoms. The fraction of sp³-hybridized carbons (Fsp3) is 0.440. The van der Waals surface area contributed by atoms with Crippen LogP contribution in [0.4, 0.5) is 18.0 Å². The number of alkyl halides is 3. The van der Waals surface area contributed by atoms with Gasteiger partial charge >= 0.3 is 5.51 Å². The van der Waals surface area contributed by atoms with Crippen molar-refractivity contribution in [1.82, 2.24) is 14.7 Å². The van der Waals surface area contributed by atoms with Gasteiger partial charge in [0.05, 0.1) is 20.9 Å². The number of hydrogen-bond donors (Lipinski definition) is 1. The van der Waals surface area contributed by atoms with E-state index < -0.39 is 26.0 Å². The molecule has 0 bridgehead atoms. The highest BCUT2D eigenvalue weighted by Gasteiger charge is 2.57. The minimum absolute atomic E-state index is 0.154. The second-order valence-corrected chi connectivity index (χ2v) is 12.3. The lowest BCUT2D eigenvalue weighted by Crippen LogP contribution is -2.55. The van der Waals surface area contributed by atoms with E-state index in [2.05, 4.69) is 4.90 Å². The summed E-state index contributed by atoms with van der Waals surface area (Å²) in [6.45, 7) is 1.88. The number of halogens is 4. The van der Waals surface area contributed by atoms with Crippen molar-refractivity contribution in [3.8, 4) is 0 Å². The molecule has 0 saturated carbocycles. The van der Waals surface area contributed by atoms with Crippen molar-refractivity contribution in [1.29, 1.82) is 0 Å². The van der Waals surface area contributed by atoms with E-state index in [1.165, 1.54) is 17.0 Å². The summed E-state index contributed by atoms with van der Waals surface area (Å²) >= 11 is 6.34. The predicted octanol–water partition coefficient (Wildman–Crippen LogP) is 5.88. The first kappa shape index (κ1) is 26.8. The van der Waals surface area contributed by atoms with Crippen LogP contribution in [0.25, 0.3) is 0 Å². The molecule has 0 aliphatic carbocycles. The maximum atomic E-state index is 13.9. The highest BCUT2D eigenvalue weighted by Crippen LogP contribution is 2.66. The molecule has 0 aromatic heterocycles. The van der Waals surface area contributed by atoms with Crippen LogP contribution in [0.5, 0.6) is 0 Å². The summed E-state index contributed by atoms with van der Waals surface area (Å²) < 4.78 is 52.4. The highest BCUT2D eigenvalue weighted by molar-refractivity contribution is 8.41. The van der Waals surface area contributed by atoms with E-state index in [1.807, 2.05) is 12.1 Å². The van der Waals surface area contributed by atoms with Crippen molar-refractivity contribution in [3.05, 3.63) is 64.7 Å². The summed E-state index contributed by atoms with van der Waals surface area (Å²) in [6, 6.07) is 12.3. The van der Waals surface area contributed by atoms with Crippen LogP contribution in [0.1, 0.15) is 34.7 Å². The van der Waals surface area contributed by atoms with Crippen LogP contribution in [0.15, 0.2) is 53.4 Å². The predicted molar refractivity (Wildman–Crippen MR) is 135 cm³/mol. The van der Waals surface area contributed by atoms with E-state index in [-0.39, 0.29) is 31.0 Å². The van der Waals surface area contributed by atoms with Crippen LogP contribution in [-0.2, 0) is 0 Å². The normalized spacial score (nSPS) is 20.4. The molecule has 36 heavy (non-hydrogen) atoms. The zero-order valence-corrected chi connectivity index (χ0v) is 21.6. The van der Waals surface area contributed by atoms with E-state index >= 15 is 0 Å². The van der Waals surface area contributed by atoms with Gasteiger partial charge in [-0.05, 0) is 42.7 Å². The Morgan fingerprint density at radius 3 is 2.19 bits per heavy atom. The molecule has 2 fully saturated rings. The van der Waals surface area contributed by atoms with Crippen LogP contribution in [0.3, 0.4) is 0 Å². The van der Waals surface area contributed by atoms with Crippen LogP contribution in [0.2, 0.25) is 5.02 Å². The van der Waals surface area contributed by atoms with Crippen LogP contribution < -0.4 is 0 Å². The molecule has 2 aliphatic heterocycles. The molecule has 2 aromatic carbocycles. The average molecular weight is 544 g/mol. The summed E-state index contributed by atoms with van der Waals surface area (Å²) in [6.07, 6.45) is 1.08. The summed E-state index contributed by atoms with van der Waals surface area (Å²) in [4.78, 5) is 29.6. The van der Waals surface area contributed by atoms with Crippen molar-refractivity contribution >= 4 is 33.1 Å². The minimum atomic E-state index is -5.05. The maximum Gasteiger partial charge on any atom is 0.459 e. The number of benzene rings is 2. The largest absolute Gasteiger partial charge is 0.459 e. The third kappa shape index (κ3) is 4.96. The van der Waals surface area contributed by atoms with Gasteiger partial charge in [-0.3, -0.25) is 14.5 Å². The number of likely N-dealkylation sites (tertiary alicyclic amines) is 2. The zero-order valence-electron chi connectivity index (χ0n) is 20.0. The van der Waals surface area contributed by atoms with Gasteiger partial charge in [-0.15, -0.1) is 0 Å². The standard InChI is InChI=1S/C25H29ClF3N3O3S/c1-30(2)23(33)21-9-8-17(14-22(21)26)18-15-32(16-18)19-10-12-31(13-11-19)24(34)36(35,25(27,28)29)20-6-4-3-5-7-20/h3-9,14,18-19,35H,10-13,15-16H2,1-2H3. The molecule has 2 amide bonds. The van der Waals surface area contributed by atoms with Crippen molar-refractivity contribution < 1.29 is 27.3 Å². The van der Waals surface area contributed by atoms with Gasteiger partial charge in [0.25, 0.3) is 11.1 Å². The van der Waals surface area contributed by atoms with Crippen molar-refractivity contribution in [3.63, 3.8) is 0 Å². The van der Waals surface area contributed by atoms with Gasteiger partial charge in [-0.25, -0.2) is 0 Å². The van der Waals surface area contributed by atoms with E-state index in [0.29, 0.717) is 23.4 Å². The van der Waals surface area contributed by atoms with Gasteiger partial charge < -0.3 is 14.4 Å². The number of carbonyl (C=O) groups excluding carboxylic acids is 2. The van der Waals surface area contributed by atoms with Crippen molar-refractivity contribution in [2.45, 2.75) is 35.2 Å². The Bertz CT molecular complexity index is 1120. The van der Waals surface area contributed by atoms with Crippen molar-refractivity contribution in [2.75, 3.05) is 40.3 Å². The van der Waals surface area contributed by atoms with Crippen LogP contribution in [-0.4, -0.2) is 82.2 Å². The lowest BCUT2D eigenvalue weighted by Gasteiger charge is -2.48. The van der Waals surface area contributed by atoms with Gasteiger partial charge in [0.15, 0.2) is 0 Å². The molecular weight excluding hydrogens is 515 g/mol. The molecule has 0 spiro atoms. The lowest BCUT2D eigenvalue weighted by atomic mass is 9.87.